The fourth-order valence-electron chi connectivity index (χ4n) is 2.01. The molecule has 0 spiro atoms. The molecule has 1 aliphatic heterocycles. The number of nitrogens with one attached hydrogen (secondary N) is 1. The van der Waals surface area contributed by atoms with Gasteiger partial charge in [-0.2, -0.15) is 0 Å². The van der Waals surface area contributed by atoms with Crippen molar-refractivity contribution in [1.29, 1.82) is 0 Å². The van der Waals surface area contributed by atoms with Gasteiger partial charge in [0.1, 0.15) is 0 Å². The molecule has 66 valence electrons. The Hall–Kier alpha value is -0.0800. The third-order valence-corrected chi connectivity index (χ3v) is 3.14. The summed E-state index contributed by atoms with van der Waals surface area (Å²) >= 11 is 0. The molecular weight excluding hydrogens is 136 g/mol. The van der Waals surface area contributed by atoms with Gasteiger partial charge >= 0.3 is 0 Å². The lowest BCUT2D eigenvalue weighted by molar-refractivity contribution is 0.104. The zero-order valence-electron chi connectivity index (χ0n) is 7.98. The van der Waals surface area contributed by atoms with Gasteiger partial charge < -0.3 is 10.2 Å². The summed E-state index contributed by atoms with van der Waals surface area (Å²) in [4.78, 5) is 2.40. The molecule has 1 saturated heterocycles. The predicted octanol–water partition coefficient (Wildman–Crippen LogP) is 1.08. The molecule has 0 aromatic heterocycles. The highest BCUT2D eigenvalue weighted by Gasteiger charge is 2.31. The molecule has 0 radical (unpaired) electrons. The first-order valence-electron chi connectivity index (χ1n) is 4.59. The van der Waals surface area contributed by atoms with Crippen LogP contribution in [0.25, 0.3) is 0 Å². The topological polar surface area (TPSA) is 15.3 Å². The highest BCUT2D eigenvalue weighted by atomic mass is 15.2. The minimum absolute atomic E-state index is 0.491. The van der Waals surface area contributed by atoms with Crippen LogP contribution in [0.3, 0.4) is 0 Å². The van der Waals surface area contributed by atoms with Gasteiger partial charge in [0.05, 0.1) is 0 Å². The number of nitrogens with zero attached hydrogens (tertiary/aromatic N) is 1. The van der Waals surface area contributed by atoms with Gasteiger partial charge in [-0.15, -0.1) is 0 Å². The van der Waals surface area contributed by atoms with Crippen LogP contribution in [0.4, 0.5) is 0 Å². The summed E-state index contributed by atoms with van der Waals surface area (Å²) in [6, 6.07) is 0. The van der Waals surface area contributed by atoms with Crippen LogP contribution >= 0.6 is 0 Å². The van der Waals surface area contributed by atoms with E-state index in [-0.39, 0.29) is 0 Å². The summed E-state index contributed by atoms with van der Waals surface area (Å²) in [7, 11) is 4.41. The van der Waals surface area contributed by atoms with E-state index in [2.05, 4.69) is 31.2 Å². The van der Waals surface area contributed by atoms with Crippen molar-refractivity contribution in [3.63, 3.8) is 0 Å². The molecule has 0 aliphatic carbocycles. The summed E-state index contributed by atoms with van der Waals surface area (Å²) in [6.45, 7) is 4.67. The fraction of sp³-hybridized carbons (Fsp3) is 1.00. The standard InChI is InChI=1S/C9H20N2/c1-4-9(11(2)3)5-7-10-8-6-9/h10H,4-8H2,1-3H3. The van der Waals surface area contributed by atoms with Gasteiger partial charge in [-0.1, -0.05) is 6.92 Å². The Morgan fingerprint density at radius 1 is 1.27 bits per heavy atom. The summed E-state index contributed by atoms with van der Waals surface area (Å²) in [5.74, 6) is 0. The SMILES string of the molecule is CCC1(N(C)C)CCNCC1. The molecule has 1 heterocycles. The fourth-order valence-corrected chi connectivity index (χ4v) is 2.01. The highest BCUT2D eigenvalue weighted by Crippen LogP contribution is 2.26. The van der Waals surface area contributed by atoms with Gasteiger partial charge in [0, 0.05) is 5.54 Å². The van der Waals surface area contributed by atoms with E-state index in [1.54, 1.807) is 0 Å². The van der Waals surface area contributed by atoms with Crippen molar-refractivity contribution in [2.24, 2.45) is 0 Å². The molecule has 0 bridgehead atoms. The summed E-state index contributed by atoms with van der Waals surface area (Å²) in [5.41, 5.74) is 0.491. The van der Waals surface area contributed by atoms with E-state index >= 15 is 0 Å². The first kappa shape index (κ1) is 9.01. The molecule has 0 amide bonds. The van der Waals surface area contributed by atoms with E-state index in [9.17, 15) is 0 Å². The first-order chi connectivity index (χ1) is 5.21. The minimum Gasteiger partial charge on any atom is -0.317 e. The maximum absolute atomic E-state index is 3.40. The summed E-state index contributed by atoms with van der Waals surface area (Å²) in [5, 5.41) is 3.40. The second-order valence-electron chi connectivity index (χ2n) is 3.72. The van der Waals surface area contributed by atoms with E-state index in [0.29, 0.717) is 5.54 Å². The van der Waals surface area contributed by atoms with Crippen molar-refractivity contribution < 1.29 is 0 Å². The van der Waals surface area contributed by atoms with Gasteiger partial charge in [0.2, 0.25) is 0 Å². The number of hydrogen-bond donors (Lipinski definition) is 1. The van der Waals surface area contributed by atoms with Crippen LogP contribution < -0.4 is 5.32 Å². The van der Waals surface area contributed by atoms with E-state index in [4.69, 9.17) is 0 Å². The Kier molecular flexibility index (Phi) is 2.90. The minimum atomic E-state index is 0.491. The first-order valence-corrected chi connectivity index (χ1v) is 4.59. The van der Waals surface area contributed by atoms with Crippen molar-refractivity contribution in [2.75, 3.05) is 27.2 Å². The second-order valence-corrected chi connectivity index (χ2v) is 3.72. The number of rotatable bonds is 2. The molecule has 1 aliphatic rings. The van der Waals surface area contributed by atoms with Crippen LogP contribution in [0, 0.1) is 0 Å². The van der Waals surface area contributed by atoms with Crippen LogP contribution in [-0.4, -0.2) is 37.6 Å². The number of piperidine rings is 1. The van der Waals surface area contributed by atoms with Crippen molar-refractivity contribution >= 4 is 0 Å². The predicted molar refractivity (Wildman–Crippen MR) is 48.8 cm³/mol. The lowest BCUT2D eigenvalue weighted by Crippen LogP contribution is -2.51. The van der Waals surface area contributed by atoms with Crippen molar-refractivity contribution in [2.45, 2.75) is 31.7 Å². The van der Waals surface area contributed by atoms with Gasteiger partial charge in [0.25, 0.3) is 0 Å². The Bertz CT molecular complexity index is 115. The van der Waals surface area contributed by atoms with E-state index in [1.807, 2.05) is 0 Å². The van der Waals surface area contributed by atoms with Crippen LogP contribution in [0.2, 0.25) is 0 Å². The van der Waals surface area contributed by atoms with E-state index in [1.165, 1.54) is 32.4 Å². The van der Waals surface area contributed by atoms with Gasteiger partial charge in [-0.25, -0.2) is 0 Å². The molecule has 2 heteroatoms. The zero-order chi connectivity index (χ0) is 8.32. The lowest BCUT2D eigenvalue weighted by Gasteiger charge is -2.42. The third-order valence-electron chi connectivity index (χ3n) is 3.14. The molecule has 1 fully saturated rings. The van der Waals surface area contributed by atoms with Gasteiger partial charge in [0.15, 0.2) is 0 Å². The van der Waals surface area contributed by atoms with E-state index < -0.39 is 0 Å². The smallest absolute Gasteiger partial charge is 0.0225 e. The molecule has 0 aromatic carbocycles. The zero-order valence-corrected chi connectivity index (χ0v) is 7.98. The van der Waals surface area contributed by atoms with Crippen LogP contribution in [0.15, 0.2) is 0 Å². The van der Waals surface area contributed by atoms with Crippen molar-refractivity contribution in [1.82, 2.24) is 10.2 Å². The quantitative estimate of drug-likeness (QED) is 0.643. The average Bonchev–Trinajstić information content (AvgIpc) is 2.05. The molecule has 0 atom stereocenters. The second kappa shape index (κ2) is 3.55. The van der Waals surface area contributed by atoms with E-state index in [0.717, 1.165) is 0 Å². The Morgan fingerprint density at radius 3 is 2.09 bits per heavy atom. The Balaban J connectivity index is 2.57. The summed E-state index contributed by atoms with van der Waals surface area (Å²) < 4.78 is 0. The summed E-state index contributed by atoms with van der Waals surface area (Å²) in [6.07, 6.45) is 3.88. The van der Waals surface area contributed by atoms with Crippen molar-refractivity contribution in [3.05, 3.63) is 0 Å². The highest BCUT2D eigenvalue weighted by molar-refractivity contribution is 4.90. The van der Waals surface area contributed by atoms with Gasteiger partial charge in [-0.05, 0) is 46.4 Å². The Labute approximate surface area is 70.0 Å². The molecule has 0 unspecified atom stereocenters. The Morgan fingerprint density at radius 2 is 1.82 bits per heavy atom. The maximum atomic E-state index is 3.40. The third kappa shape index (κ3) is 1.74. The normalized spacial score (nSPS) is 24.0. The van der Waals surface area contributed by atoms with Crippen LogP contribution in [-0.2, 0) is 0 Å². The average molecular weight is 156 g/mol. The lowest BCUT2D eigenvalue weighted by atomic mass is 9.85. The molecule has 1 rings (SSSR count). The maximum Gasteiger partial charge on any atom is 0.0225 e. The molecule has 2 nitrogen and oxygen atoms in total. The largest absolute Gasteiger partial charge is 0.317 e. The molecular formula is C9H20N2. The molecule has 0 saturated carbocycles. The van der Waals surface area contributed by atoms with Crippen LogP contribution in [0.1, 0.15) is 26.2 Å². The van der Waals surface area contributed by atoms with Crippen molar-refractivity contribution in [3.8, 4) is 0 Å². The van der Waals surface area contributed by atoms with Crippen LogP contribution in [0.5, 0.6) is 0 Å². The number of hydrogen-bond acceptors (Lipinski definition) is 2. The molecule has 1 N–H and O–H groups in total. The monoisotopic (exact) mass is 156 g/mol. The molecule has 0 aromatic rings. The van der Waals surface area contributed by atoms with Gasteiger partial charge in [-0.3, -0.25) is 0 Å². The molecule has 11 heavy (non-hydrogen) atoms.